The van der Waals surface area contributed by atoms with Crippen molar-refractivity contribution in [3.8, 4) is 11.5 Å². The fourth-order valence-electron chi connectivity index (χ4n) is 3.26. The number of benzene rings is 2. The molecule has 4 nitrogen and oxygen atoms in total. The van der Waals surface area contributed by atoms with Gasteiger partial charge in [0.05, 0.1) is 7.11 Å². The topological polar surface area (TPSA) is 53.8 Å². The summed E-state index contributed by atoms with van der Waals surface area (Å²) in [5.74, 6) is 1.05. The van der Waals surface area contributed by atoms with Crippen LogP contribution < -0.4 is 10.1 Å². The van der Waals surface area contributed by atoms with Gasteiger partial charge in [0.15, 0.2) is 0 Å². The summed E-state index contributed by atoms with van der Waals surface area (Å²) >= 11 is 7.84. The molecular weight excluding hydrogens is 380 g/mol. The van der Waals surface area contributed by atoms with Crippen LogP contribution in [-0.2, 0) is 0 Å². The van der Waals surface area contributed by atoms with E-state index in [1.807, 2.05) is 41.8 Å². The highest BCUT2D eigenvalue weighted by Crippen LogP contribution is 2.36. The molecule has 6 heteroatoms. The first kappa shape index (κ1) is 18.0. The summed E-state index contributed by atoms with van der Waals surface area (Å²) in [4.78, 5) is 6.07. The van der Waals surface area contributed by atoms with Gasteiger partial charge in [0.25, 0.3) is 0 Å². The molecule has 0 spiro atoms. The third-order valence-corrected chi connectivity index (χ3v) is 5.80. The van der Waals surface area contributed by atoms with Crippen molar-refractivity contribution < 1.29 is 9.84 Å². The van der Waals surface area contributed by atoms with Gasteiger partial charge in [0, 0.05) is 33.6 Å². The zero-order valence-corrected chi connectivity index (χ0v) is 16.3. The SMILES string of the molecule is COc1ccc(C2=NC(c3cccs3)NC(c3cc(Cl)ccc3O)C2)cc1. The molecule has 2 heterocycles. The maximum Gasteiger partial charge on any atom is 0.135 e. The number of hydrogen-bond acceptors (Lipinski definition) is 5. The minimum atomic E-state index is -0.167. The molecule has 27 heavy (non-hydrogen) atoms. The van der Waals surface area contributed by atoms with Crippen LogP contribution in [0.2, 0.25) is 5.02 Å². The average molecular weight is 399 g/mol. The number of aliphatic imine (C=N–C) groups is 1. The third-order valence-electron chi connectivity index (χ3n) is 4.64. The van der Waals surface area contributed by atoms with Crippen molar-refractivity contribution in [2.45, 2.75) is 18.6 Å². The number of thiophene rings is 1. The molecule has 2 N–H and O–H groups in total. The largest absolute Gasteiger partial charge is 0.508 e. The number of methoxy groups -OCH3 is 1. The van der Waals surface area contributed by atoms with Crippen LogP contribution in [0.5, 0.6) is 11.5 Å². The van der Waals surface area contributed by atoms with E-state index in [9.17, 15) is 5.11 Å². The van der Waals surface area contributed by atoms with Crippen LogP contribution in [0.3, 0.4) is 0 Å². The quantitative estimate of drug-likeness (QED) is 0.623. The normalized spacial score (nSPS) is 19.6. The number of rotatable bonds is 4. The number of phenols is 1. The van der Waals surface area contributed by atoms with Crippen LogP contribution in [0.25, 0.3) is 0 Å². The molecule has 0 saturated carbocycles. The van der Waals surface area contributed by atoms with E-state index in [1.165, 1.54) is 0 Å². The summed E-state index contributed by atoms with van der Waals surface area (Å²) in [6.07, 6.45) is 0.487. The van der Waals surface area contributed by atoms with Crippen LogP contribution in [0.4, 0.5) is 0 Å². The molecule has 0 aliphatic carbocycles. The Labute approximate surface area is 167 Å². The first-order valence-corrected chi connectivity index (χ1v) is 9.89. The van der Waals surface area contributed by atoms with Crippen molar-refractivity contribution in [1.29, 1.82) is 0 Å². The molecule has 1 aliphatic rings. The van der Waals surface area contributed by atoms with Crippen molar-refractivity contribution in [3.05, 3.63) is 81.0 Å². The second-order valence-electron chi connectivity index (χ2n) is 6.35. The van der Waals surface area contributed by atoms with E-state index >= 15 is 0 Å². The lowest BCUT2D eigenvalue weighted by Gasteiger charge is -2.30. The smallest absolute Gasteiger partial charge is 0.135 e. The number of ether oxygens (including phenoxy) is 1. The van der Waals surface area contributed by atoms with Crippen LogP contribution >= 0.6 is 22.9 Å². The molecule has 2 aromatic carbocycles. The maximum absolute atomic E-state index is 10.4. The second-order valence-corrected chi connectivity index (χ2v) is 7.76. The van der Waals surface area contributed by atoms with Crippen LogP contribution in [-0.4, -0.2) is 17.9 Å². The second kappa shape index (κ2) is 7.72. The zero-order valence-electron chi connectivity index (χ0n) is 14.7. The van der Waals surface area contributed by atoms with Gasteiger partial charge < -0.3 is 9.84 Å². The maximum atomic E-state index is 10.4. The van der Waals surface area contributed by atoms with E-state index in [0.717, 1.165) is 27.5 Å². The lowest BCUT2D eigenvalue weighted by Crippen LogP contribution is -2.32. The van der Waals surface area contributed by atoms with Crippen LogP contribution in [0.1, 0.15) is 34.6 Å². The summed E-state index contributed by atoms with van der Waals surface area (Å²) in [5.41, 5.74) is 2.81. The fraction of sp³-hybridized carbons (Fsp3) is 0.190. The van der Waals surface area contributed by atoms with Gasteiger partial charge in [-0.05, 0) is 59.5 Å². The first-order chi connectivity index (χ1) is 13.1. The van der Waals surface area contributed by atoms with Gasteiger partial charge in [-0.3, -0.25) is 10.3 Å². The highest BCUT2D eigenvalue weighted by atomic mass is 35.5. The summed E-state index contributed by atoms with van der Waals surface area (Å²) in [7, 11) is 1.65. The molecule has 1 aromatic heterocycles. The molecule has 2 atom stereocenters. The van der Waals surface area contributed by atoms with Crippen molar-refractivity contribution in [2.75, 3.05) is 7.11 Å². The van der Waals surface area contributed by atoms with E-state index in [0.29, 0.717) is 11.4 Å². The molecule has 0 fully saturated rings. The fourth-order valence-corrected chi connectivity index (χ4v) is 4.16. The first-order valence-electron chi connectivity index (χ1n) is 8.63. The predicted octanol–water partition coefficient (Wildman–Crippen LogP) is 5.34. The average Bonchev–Trinajstić information content (AvgIpc) is 3.24. The number of aromatic hydroxyl groups is 1. The lowest BCUT2D eigenvalue weighted by molar-refractivity contribution is 0.414. The Morgan fingerprint density at radius 3 is 2.70 bits per heavy atom. The zero-order chi connectivity index (χ0) is 18.8. The Bertz CT molecular complexity index is 955. The van der Waals surface area contributed by atoms with Crippen LogP contribution in [0, 0.1) is 0 Å². The summed E-state index contributed by atoms with van der Waals surface area (Å²) in [6.45, 7) is 0. The molecule has 1 aliphatic heterocycles. The summed E-state index contributed by atoms with van der Waals surface area (Å²) < 4.78 is 5.26. The van der Waals surface area contributed by atoms with Gasteiger partial charge in [-0.1, -0.05) is 17.7 Å². The van der Waals surface area contributed by atoms with Gasteiger partial charge >= 0.3 is 0 Å². The molecule has 0 amide bonds. The Balaban J connectivity index is 1.73. The van der Waals surface area contributed by atoms with Crippen LogP contribution in [0.15, 0.2) is 65.0 Å². The molecule has 2 unspecified atom stereocenters. The Morgan fingerprint density at radius 1 is 1.19 bits per heavy atom. The third kappa shape index (κ3) is 3.86. The van der Waals surface area contributed by atoms with E-state index in [1.54, 1.807) is 30.6 Å². The van der Waals surface area contributed by atoms with E-state index in [2.05, 4.69) is 11.4 Å². The van der Waals surface area contributed by atoms with Gasteiger partial charge in [0.2, 0.25) is 0 Å². The molecular formula is C21H19ClN2O2S. The Kier molecular flexibility index (Phi) is 5.16. The van der Waals surface area contributed by atoms with Gasteiger partial charge in [0.1, 0.15) is 17.7 Å². The van der Waals surface area contributed by atoms with Crippen molar-refractivity contribution in [1.82, 2.24) is 5.32 Å². The minimum Gasteiger partial charge on any atom is -0.508 e. The van der Waals surface area contributed by atoms with Gasteiger partial charge in [-0.25, -0.2) is 0 Å². The van der Waals surface area contributed by atoms with Crippen molar-refractivity contribution in [3.63, 3.8) is 0 Å². The lowest BCUT2D eigenvalue weighted by atomic mass is 9.94. The number of hydrogen-bond donors (Lipinski definition) is 2. The molecule has 0 bridgehead atoms. The van der Waals surface area contributed by atoms with E-state index in [-0.39, 0.29) is 18.0 Å². The number of nitrogens with zero attached hydrogens (tertiary/aromatic N) is 1. The van der Waals surface area contributed by atoms with Crippen molar-refractivity contribution >= 4 is 28.6 Å². The van der Waals surface area contributed by atoms with E-state index in [4.69, 9.17) is 21.3 Å². The number of nitrogens with one attached hydrogen (secondary N) is 1. The Hall–Kier alpha value is -2.34. The van der Waals surface area contributed by atoms with Gasteiger partial charge in [-0.15, -0.1) is 11.3 Å². The highest BCUT2D eigenvalue weighted by molar-refractivity contribution is 7.10. The standard InChI is InChI=1S/C21H19ClN2O2S/c1-26-15-7-4-13(5-8-15)17-12-18(16-11-14(22)6-9-19(16)25)24-21(23-17)20-3-2-10-27-20/h2-11,18,21,24-25H,12H2,1H3. The summed E-state index contributed by atoms with van der Waals surface area (Å²) in [6, 6.07) is 17.0. The monoisotopic (exact) mass is 398 g/mol. The molecule has 3 aromatic rings. The highest BCUT2D eigenvalue weighted by Gasteiger charge is 2.28. The molecule has 0 radical (unpaired) electrons. The number of phenolic OH excluding ortho intramolecular Hbond substituents is 1. The molecule has 138 valence electrons. The Morgan fingerprint density at radius 2 is 2.00 bits per heavy atom. The summed E-state index contributed by atoms with van der Waals surface area (Å²) in [5, 5.41) is 16.6. The molecule has 0 saturated heterocycles. The van der Waals surface area contributed by atoms with Crippen molar-refractivity contribution in [2.24, 2.45) is 4.99 Å². The van der Waals surface area contributed by atoms with E-state index < -0.39 is 0 Å². The predicted molar refractivity (Wildman–Crippen MR) is 110 cm³/mol. The molecule has 4 rings (SSSR count). The number of halogens is 1. The minimum absolute atomic E-state index is 0.0922. The van der Waals surface area contributed by atoms with Gasteiger partial charge in [-0.2, -0.15) is 0 Å².